The quantitative estimate of drug-likeness (QED) is 0.768. The molecule has 4 nitrogen and oxygen atoms in total. The lowest BCUT2D eigenvalue weighted by molar-refractivity contribution is 0.0502. The Hall–Kier alpha value is -0.160. The third-order valence-corrected chi connectivity index (χ3v) is 4.64. The number of rotatable bonds is 4. The van der Waals surface area contributed by atoms with E-state index in [9.17, 15) is 5.11 Å². The summed E-state index contributed by atoms with van der Waals surface area (Å²) in [4.78, 5) is 5.14. The van der Waals surface area contributed by atoms with E-state index in [4.69, 9.17) is 0 Å². The predicted octanol–water partition coefficient (Wildman–Crippen LogP) is 0.515. The number of likely N-dealkylation sites (tertiary alicyclic amines) is 2. The molecule has 2 fully saturated rings. The molecule has 18 heavy (non-hydrogen) atoms. The second-order valence-corrected chi connectivity index (χ2v) is 5.98. The molecular formula is C14H29N3O. The fourth-order valence-electron chi connectivity index (χ4n) is 3.22. The molecule has 0 spiro atoms. The van der Waals surface area contributed by atoms with Crippen LogP contribution < -0.4 is 5.32 Å². The first-order chi connectivity index (χ1) is 8.69. The molecule has 0 radical (unpaired) electrons. The average Bonchev–Trinajstić information content (AvgIpc) is 2.40. The van der Waals surface area contributed by atoms with E-state index in [1.165, 1.54) is 32.5 Å². The summed E-state index contributed by atoms with van der Waals surface area (Å²) in [5.41, 5.74) is 0. The second kappa shape index (κ2) is 6.85. The first kappa shape index (κ1) is 14.3. The largest absolute Gasteiger partial charge is 0.393 e. The van der Waals surface area contributed by atoms with Crippen LogP contribution in [-0.4, -0.2) is 72.9 Å². The van der Waals surface area contributed by atoms with Gasteiger partial charge >= 0.3 is 0 Å². The van der Waals surface area contributed by atoms with E-state index in [0.29, 0.717) is 6.04 Å². The first-order valence-electron chi connectivity index (χ1n) is 7.50. The van der Waals surface area contributed by atoms with Crippen molar-refractivity contribution in [3.05, 3.63) is 0 Å². The van der Waals surface area contributed by atoms with Crippen LogP contribution in [0.1, 0.15) is 32.6 Å². The van der Waals surface area contributed by atoms with E-state index < -0.39 is 0 Å². The van der Waals surface area contributed by atoms with Gasteiger partial charge in [0.05, 0.1) is 6.10 Å². The van der Waals surface area contributed by atoms with Crippen LogP contribution in [0, 0.1) is 0 Å². The van der Waals surface area contributed by atoms with Gasteiger partial charge in [-0.15, -0.1) is 0 Å². The summed E-state index contributed by atoms with van der Waals surface area (Å²) in [5, 5.41) is 12.9. The summed E-state index contributed by atoms with van der Waals surface area (Å²) in [5.74, 6) is 0. The highest BCUT2D eigenvalue weighted by Crippen LogP contribution is 2.16. The summed E-state index contributed by atoms with van der Waals surface area (Å²) in [6, 6.07) is 1.35. The minimum absolute atomic E-state index is 0.0557. The molecule has 0 aromatic heterocycles. The average molecular weight is 255 g/mol. The number of aliphatic hydroxyl groups is 1. The van der Waals surface area contributed by atoms with Crippen LogP contribution in [0.15, 0.2) is 0 Å². The molecule has 2 N–H and O–H groups in total. The van der Waals surface area contributed by atoms with Gasteiger partial charge in [0.25, 0.3) is 0 Å². The lowest BCUT2D eigenvalue weighted by Crippen LogP contribution is -2.49. The zero-order valence-electron chi connectivity index (χ0n) is 11.9. The van der Waals surface area contributed by atoms with Crippen molar-refractivity contribution in [2.24, 2.45) is 0 Å². The summed E-state index contributed by atoms with van der Waals surface area (Å²) < 4.78 is 0. The molecule has 106 valence electrons. The Kier molecular flexibility index (Phi) is 5.42. The standard InChI is InChI=1S/C14H29N3O/c1-12(17-9-5-14(18)6-10-17)11-16-7-3-13(15-2)4-8-16/h12-15,18H,3-11H2,1-2H3. The highest BCUT2D eigenvalue weighted by Gasteiger charge is 2.24. The van der Waals surface area contributed by atoms with Gasteiger partial charge in [-0.2, -0.15) is 0 Å². The molecule has 0 saturated carbocycles. The Labute approximate surface area is 111 Å². The molecule has 2 aliphatic heterocycles. The maximum atomic E-state index is 9.54. The van der Waals surface area contributed by atoms with Crippen LogP contribution in [0.25, 0.3) is 0 Å². The van der Waals surface area contributed by atoms with Crippen LogP contribution in [0.2, 0.25) is 0 Å². The number of nitrogens with zero attached hydrogens (tertiary/aromatic N) is 2. The Morgan fingerprint density at radius 2 is 1.72 bits per heavy atom. The number of hydrogen-bond donors (Lipinski definition) is 2. The molecule has 0 aromatic carbocycles. The fraction of sp³-hybridized carbons (Fsp3) is 1.00. The number of nitrogens with one attached hydrogen (secondary N) is 1. The van der Waals surface area contributed by atoms with E-state index >= 15 is 0 Å². The Bertz CT molecular complexity index is 233. The summed E-state index contributed by atoms with van der Waals surface area (Å²) in [6.45, 7) is 8.11. The third-order valence-electron chi connectivity index (χ3n) is 4.64. The van der Waals surface area contributed by atoms with Gasteiger partial charge in [0, 0.05) is 31.7 Å². The minimum Gasteiger partial charge on any atom is -0.393 e. The van der Waals surface area contributed by atoms with Crippen molar-refractivity contribution < 1.29 is 5.11 Å². The minimum atomic E-state index is -0.0557. The Morgan fingerprint density at radius 1 is 1.11 bits per heavy atom. The monoisotopic (exact) mass is 255 g/mol. The Morgan fingerprint density at radius 3 is 2.28 bits per heavy atom. The molecule has 0 bridgehead atoms. The zero-order chi connectivity index (χ0) is 13.0. The molecule has 2 heterocycles. The van der Waals surface area contributed by atoms with E-state index in [2.05, 4.69) is 29.1 Å². The van der Waals surface area contributed by atoms with Crippen LogP contribution >= 0.6 is 0 Å². The van der Waals surface area contributed by atoms with Crippen molar-refractivity contribution in [1.29, 1.82) is 0 Å². The number of hydrogen-bond acceptors (Lipinski definition) is 4. The first-order valence-corrected chi connectivity index (χ1v) is 7.50. The van der Waals surface area contributed by atoms with Crippen LogP contribution in [0.4, 0.5) is 0 Å². The molecule has 2 aliphatic rings. The second-order valence-electron chi connectivity index (χ2n) is 5.98. The van der Waals surface area contributed by atoms with Gasteiger partial charge in [-0.25, -0.2) is 0 Å². The SMILES string of the molecule is CNC1CCN(CC(C)N2CCC(O)CC2)CC1. The molecule has 0 aromatic rings. The zero-order valence-corrected chi connectivity index (χ0v) is 11.9. The maximum absolute atomic E-state index is 9.54. The molecule has 1 atom stereocenters. The molecule has 1 unspecified atom stereocenters. The van der Waals surface area contributed by atoms with Crippen molar-refractivity contribution >= 4 is 0 Å². The van der Waals surface area contributed by atoms with E-state index in [1.807, 2.05) is 0 Å². The highest BCUT2D eigenvalue weighted by atomic mass is 16.3. The topological polar surface area (TPSA) is 38.7 Å². The molecule has 2 saturated heterocycles. The highest BCUT2D eigenvalue weighted by molar-refractivity contribution is 4.81. The van der Waals surface area contributed by atoms with Crippen molar-refractivity contribution in [1.82, 2.24) is 15.1 Å². The normalized spacial score (nSPS) is 27.5. The van der Waals surface area contributed by atoms with E-state index in [0.717, 1.165) is 32.0 Å². The van der Waals surface area contributed by atoms with E-state index in [-0.39, 0.29) is 6.10 Å². The lowest BCUT2D eigenvalue weighted by Gasteiger charge is -2.39. The summed E-state index contributed by atoms with van der Waals surface area (Å²) in [7, 11) is 2.07. The smallest absolute Gasteiger partial charge is 0.0564 e. The summed E-state index contributed by atoms with van der Waals surface area (Å²) in [6.07, 6.45) is 4.40. The van der Waals surface area contributed by atoms with Gasteiger partial charge in [0.15, 0.2) is 0 Å². The van der Waals surface area contributed by atoms with Crippen molar-refractivity contribution in [3.63, 3.8) is 0 Å². The predicted molar refractivity (Wildman–Crippen MR) is 74.8 cm³/mol. The van der Waals surface area contributed by atoms with Gasteiger partial charge in [0.2, 0.25) is 0 Å². The van der Waals surface area contributed by atoms with Crippen molar-refractivity contribution in [2.45, 2.75) is 50.8 Å². The van der Waals surface area contributed by atoms with Crippen molar-refractivity contribution in [3.8, 4) is 0 Å². The van der Waals surface area contributed by atoms with Gasteiger partial charge in [-0.05, 0) is 52.7 Å². The number of piperidine rings is 2. The van der Waals surface area contributed by atoms with Gasteiger partial charge in [-0.3, -0.25) is 4.90 Å². The lowest BCUT2D eigenvalue weighted by atomic mass is 10.0. The molecular weight excluding hydrogens is 226 g/mol. The van der Waals surface area contributed by atoms with Gasteiger partial charge in [0.1, 0.15) is 0 Å². The fourth-order valence-corrected chi connectivity index (χ4v) is 3.22. The van der Waals surface area contributed by atoms with Crippen LogP contribution in [0.3, 0.4) is 0 Å². The summed E-state index contributed by atoms with van der Waals surface area (Å²) >= 11 is 0. The van der Waals surface area contributed by atoms with Crippen LogP contribution in [-0.2, 0) is 0 Å². The third kappa shape index (κ3) is 3.92. The van der Waals surface area contributed by atoms with Crippen LogP contribution in [0.5, 0.6) is 0 Å². The molecule has 0 amide bonds. The Balaban J connectivity index is 1.69. The maximum Gasteiger partial charge on any atom is 0.0564 e. The number of aliphatic hydroxyl groups excluding tert-OH is 1. The van der Waals surface area contributed by atoms with Gasteiger partial charge in [-0.1, -0.05) is 0 Å². The van der Waals surface area contributed by atoms with Gasteiger partial charge < -0.3 is 15.3 Å². The van der Waals surface area contributed by atoms with E-state index in [1.54, 1.807) is 0 Å². The van der Waals surface area contributed by atoms with Crippen molar-refractivity contribution in [2.75, 3.05) is 39.8 Å². The molecule has 4 heteroatoms. The molecule has 0 aliphatic carbocycles. The molecule has 2 rings (SSSR count).